The summed E-state index contributed by atoms with van der Waals surface area (Å²) in [6, 6.07) is 0. The van der Waals surface area contributed by atoms with Gasteiger partial charge in [-0.15, -0.1) is 11.3 Å². The Morgan fingerprint density at radius 3 is 2.42 bits per heavy atom. The number of nitrogens with two attached hydrogens (primary N) is 1. The molecule has 1 aromatic heterocycles. The Labute approximate surface area is 119 Å². The van der Waals surface area contributed by atoms with Crippen molar-refractivity contribution in [1.29, 1.82) is 0 Å². The summed E-state index contributed by atoms with van der Waals surface area (Å²) in [6.07, 6.45) is 9.86. The summed E-state index contributed by atoms with van der Waals surface area (Å²) in [5.74, 6) is 0.974. The average molecular weight is 276 g/mol. The van der Waals surface area contributed by atoms with Gasteiger partial charge in [0.25, 0.3) is 0 Å². The Bertz CT molecular complexity index is 503. The minimum absolute atomic E-state index is 0.531. The Morgan fingerprint density at radius 2 is 1.89 bits per heavy atom. The van der Waals surface area contributed by atoms with Gasteiger partial charge in [-0.2, -0.15) is 0 Å². The van der Waals surface area contributed by atoms with Gasteiger partial charge in [0.05, 0.1) is 5.69 Å². The summed E-state index contributed by atoms with van der Waals surface area (Å²) >= 11 is 1.60. The van der Waals surface area contributed by atoms with Crippen LogP contribution in [0.4, 0.5) is 5.13 Å². The van der Waals surface area contributed by atoms with E-state index in [0.717, 1.165) is 11.0 Å². The molecule has 4 bridgehead atoms. The van der Waals surface area contributed by atoms with Crippen molar-refractivity contribution in [2.24, 2.45) is 22.2 Å². The maximum Gasteiger partial charge on any atom is 0.180 e. The predicted molar refractivity (Wildman–Crippen MR) is 80.1 cm³/mol. The zero-order valence-electron chi connectivity index (χ0n) is 12.0. The van der Waals surface area contributed by atoms with Crippen molar-refractivity contribution in [3.05, 3.63) is 11.1 Å². The van der Waals surface area contributed by atoms with Crippen molar-refractivity contribution in [3.63, 3.8) is 0 Å². The van der Waals surface area contributed by atoms with Crippen LogP contribution in [0.15, 0.2) is 5.38 Å². The highest BCUT2D eigenvalue weighted by molar-refractivity contribution is 7.13. The molecule has 5 rings (SSSR count). The van der Waals surface area contributed by atoms with Crippen LogP contribution >= 0.6 is 11.3 Å². The van der Waals surface area contributed by atoms with Crippen LogP contribution in [-0.2, 0) is 6.42 Å². The fraction of sp³-hybridized carbons (Fsp3) is 0.812. The van der Waals surface area contributed by atoms with Crippen LogP contribution in [0.2, 0.25) is 0 Å². The SMILES string of the molecule is CC12CC3CC(C)(C1)CC(Cc1csc(N)n1)(C3)C2. The second-order valence-corrected chi connectivity index (χ2v) is 9.37. The van der Waals surface area contributed by atoms with Crippen LogP contribution in [0.5, 0.6) is 0 Å². The van der Waals surface area contributed by atoms with Crippen LogP contribution in [0.3, 0.4) is 0 Å². The molecule has 4 fully saturated rings. The molecule has 1 aromatic rings. The van der Waals surface area contributed by atoms with E-state index in [1.54, 1.807) is 11.3 Å². The van der Waals surface area contributed by atoms with E-state index in [2.05, 4.69) is 24.2 Å². The van der Waals surface area contributed by atoms with E-state index in [-0.39, 0.29) is 0 Å². The summed E-state index contributed by atoms with van der Waals surface area (Å²) in [5, 5.41) is 2.91. The first-order valence-corrected chi connectivity index (χ1v) is 8.46. The molecule has 0 amide bonds. The zero-order chi connectivity index (χ0) is 13.3. The van der Waals surface area contributed by atoms with E-state index in [0.29, 0.717) is 16.2 Å². The van der Waals surface area contributed by atoms with Gasteiger partial charge in [0.1, 0.15) is 0 Å². The second-order valence-electron chi connectivity index (χ2n) is 8.48. The molecule has 2 unspecified atom stereocenters. The van der Waals surface area contributed by atoms with E-state index < -0.39 is 0 Å². The van der Waals surface area contributed by atoms with Crippen molar-refractivity contribution in [3.8, 4) is 0 Å². The Balaban J connectivity index is 1.67. The smallest absolute Gasteiger partial charge is 0.180 e. The van der Waals surface area contributed by atoms with Crippen LogP contribution in [0.25, 0.3) is 0 Å². The molecular formula is C16H24N2S. The van der Waals surface area contributed by atoms with Gasteiger partial charge in [0, 0.05) is 5.38 Å². The Kier molecular flexibility index (Phi) is 2.27. The summed E-state index contributed by atoms with van der Waals surface area (Å²) in [4.78, 5) is 4.53. The molecule has 2 atom stereocenters. The summed E-state index contributed by atoms with van der Waals surface area (Å²) in [7, 11) is 0. The quantitative estimate of drug-likeness (QED) is 0.876. The number of nitrogen functional groups attached to an aromatic ring is 1. The standard InChI is InChI=1S/C16H24N2S/c1-14-3-11-4-15(2,8-14)10-16(5-11,9-14)6-12-7-19-13(17)18-12/h7,11H,3-6,8-10H2,1-2H3,(H2,17,18). The van der Waals surface area contributed by atoms with E-state index in [1.807, 2.05) is 0 Å². The molecule has 3 heteroatoms. The molecule has 4 aliphatic carbocycles. The monoisotopic (exact) mass is 276 g/mol. The lowest BCUT2D eigenvalue weighted by atomic mass is 9.40. The first kappa shape index (κ1) is 12.2. The summed E-state index contributed by atoms with van der Waals surface area (Å²) in [5.41, 5.74) is 8.80. The van der Waals surface area contributed by atoms with Gasteiger partial charge in [-0.3, -0.25) is 0 Å². The van der Waals surface area contributed by atoms with Crippen molar-refractivity contribution < 1.29 is 0 Å². The van der Waals surface area contributed by atoms with Crippen molar-refractivity contribution >= 4 is 16.5 Å². The highest BCUT2D eigenvalue weighted by Gasteiger charge is 2.59. The van der Waals surface area contributed by atoms with Crippen LogP contribution < -0.4 is 5.73 Å². The average Bonchev–Trinajstić information content (AvgIpc) is 2.56. The zero-order valence-corrected chi connectivity index (χ0v) is 12.9. The normalized spacial score (nSPS) is 47.8. The first-order chi connectivity index (χ1) is 8.88. The molecule has 2 N–H and O–H groups in total. The van der Waals surface area contributed by atoms with Crippen LogP contribution in [-0.4, -0.2) is 4.98 Å². The number of thiazole rings is 1. The number of hydrogen-bond acceptors (Lipinski definition) is 3. The van der Waals surface area contributed by atoms with E-state index >= 15 is 0 Å². The Morgan fingerprint density at radius 1 is 1.21 bits per heavy atom. The molecule has 0 spiro atoms. The third-order valence-electron chi connectivity index (χ3n) is 5.87. The molecule has 0 aromatic carbocycles. The van der Waals surface area contributed by atoms with Crippen LogP contribution in [0.1, 0.15) is 58.1 Å². The topological polar surface area (TPSA) is 38.9 Å². The van der Waals surface area contributed by atoms with E-state index in [4.69, 9.17) is 5.73 Å². The highest BCUT2D eigenvalue weighted by Crippen LogP contribution is 2.70. The molecule has 1 heterocycles. The first-order valence-electron chi connectivity index (χ1n) is 7.58. The second kappa shape index (κ2) is 3.55. The van der Waals surface area contributed by atoms with E-state index in [1.165, 1.54) is 50.6 Å². The summed E-state index contributed by atoms with van der Waals surface area (Å²) < 4.78 is 0. The van der Waals surface area contributed by atoms with Crippen molar-refractivity contribution in [2.75, 3.05) is 5.73 Å². The lowest BCUT2D eigenvalue weighted by Crippen LogP contribution is -2.55. The lowest BCUT2D eigenvalue weighted by Gasteiger charge is -2.65. The number of rotatable bonds is 2. The molecule has 0 aliphatic heterocycles. The van der Waals surface area contributed by atoms with E-state index in [9.17, 15) is 0 Å². The molecular weight excluding hydrogens is 252 g/mol. The fourth-order valence-electron chi connectivity index (χ4n) is 6.67. The number of aromatic nitrogens is 1. The molecule has 104 valence electrons. The number of nitrogens with zero attached hydrogens (tertiary/aromatic N) is 1. The van der Waals surface area contributed by atoms with Gasteiger partial charge in [0.2, 0.25) is 0 Å². The summed E-state index contributed by atoms with van der Waals surface area (Å²) in [6.45, 7) is 5.08. The predicted octanol–water partition coefficient (Wildman–Crippen LogP) is 4.26. The molecule has 4 saturated carbocycles. The van der Waals surface area contributed by atoms with Gasteiger partial charge in [-0.05, 0) is 67.1 Å². The molecule has 19 heavy (non-hydrogen) atoms. The van der Waals surface area contributed by atoms with Gasteiger partial charge in [0.15, 0.2) is 5.13 Å². The molecule has 4 aliphatic rings. The molecule has 2 nitrogen and oxygen atoms in total. The molecule has 0 saturated heterocycles. The Hall–Kier alpha value is -0.570. The van der Waals surface area contributed by atoms with Gasteiger partial charge >= 0.3 is 0 Å². The maximum absolute atomic E-state index is 5.81. The van der Waals surface area contributed by atoms with Gasteiger partial charge in [-0.1, -0.05) is 13.8 Å². The molecule has 0 radical (unpaired) electrons. The lowest BCUT2D eigenvalue weighted by molar-refractivity contribution is -0.144. The highest BCUT2D eigenvalue weighted by atomic mass is 32.1. The fourth-order valence-corrected chi connectivity index (χ4v) is 7.23. The van der Waals surface area contributed by atoms with Crippen molar-refractivity contribution in [2.45, 2.75) is 58.8 Å². The van der Waals surface area contributed by atoms with Gasteiger partial charge in [-0.25, -0.2) is 4.98 Å². The third-order valence-corrected chi connectivity index (χ3v) is 6.59. The number of anilines is 1. The van der Waals surface area contributed by atoms with Crippen molar-refractivity contribution in [1.82, 2.24) is 4.98 Å². The third kappa shape index (κ3) is 1.93. The minimum Gasteiger partial charge on any atom is -0.375 e. The number of hydrogen-bond donors (Lipinski definition) is 1. The largest absolute Gasteiger partial charge is 0.375 e. The van der Waals surface area contributed by atoms with Gasteiger partial charge < -0.3 is 5.73 Å². The maximum atomic E-state index is 5.81. The van der Waals surface area contributed by atoms with Crippen LogP contribution in [0, 0.1) is 22.2 Å². The minimum atomic E-state index is 0.531.